The Morgan fingerprint density at radius 3 is 2.48 bits per heavy atom. The molecule has 0 aromatic carbocycles. The fourth-order valence-corrected chi connectivity index (χ4v) is 3.21. The molecule has 0 spiro atoms. The van der Waals surface area contributed by atoms with Crippen molar-refractivity contribution in [2.75, 3.05) is 19.8 Å². The summed E-state index contributed by atoms with van der Waals surface area (Å²) in [7, 11) is 0. The van der Waals surface area contributed by atoms with Gasteiger partial charge in [-0.2, -0.15) is 0 Å². The van der Waals surface area contributed by atoms with Crippen LogP contribution in [-0.2, 0) is 4.74 Å². The topological polar surface area (TPSA) is 41.5 Å². The van der Waals surface area contributed by atoms with Gasteiger partial charge in [0.05, 0.1) is 12.7 Å². The third kappa shape index (κ3) is 9.49. The minimum Gasteiger partial charge on any atom is -0.389 e. The molecule has 3 nitrogen and oxygen atoms in total. The fraction of sp³-hybridized carbons (Fsp3) is 1.00. The Bertz CT molecular complexity index is 229. The molecule has 126 valence electrons. The quantitative estimate of drug-likeness (QED) is 0.507. The van der Waals surface area contributed by atoms with Gasteiger partial charge in [0.15, 0.2) is 0 Å². The SMILES string of the molecule is CCCCCCCCOCC(O)CN[C@H](C)C1CCCC1. The van der Waals surface area contributed by atoms with Crippen molar-refractivity contribution in [3.8, 4) is 0 Å². The van der Waals surface area contributed by atoms with Crippen LogP contribution in [0.2, 0.25) is 0 Å². The summed E-state index contributed by atoms with van der Waals surface area (Å²) in [4.78, 5) is 0. The summed E-state index contributed by atoms with van der Waals surface area (Å²) in [5.41, 5.74) is 0. The maximum Gasteiger partial charge on any atom is 0.0897 e. The van der Waals surface area contributed by atoms with Gasteiger partial charge in [-0.3, -0.25) is 0 Å². The highest BCUT2D eigenvalue weighted by atomic mass is 16.5. The average molecular weight is 299 g/mol. The minimum absolute atomic E-state index is 0.367. The Morgan fingerprint density at radius 2 is 1.76 bits per heavy atom. The van der Waals surface area contributed by atoms with E-state index >= 15 is 0 Å². The predicted octanol–water partition coefficient (Wildman–Crippen LogP) is 3.89. The van der Waals surface area contributed by atoms with E-state index < -0.39 is 0 Å². The van der Waals surface area contributed by atoms with Crippen LogP contribution >= 0.6 is 0 Å². The minimum atomic E-state index is -0.367. The number of aliphatic hydroxyl groups excluding tert-OH is 1. The first-order chi connectivity index (χ1) is 10.2. The first-order valence-corrected chi connectivity index (χ1v) is 9.23. The van der Waals surface area contributed by atoms with Gasteiger partial charge in [0.25, 0.3) is 0 Å². The lowest BCUT2D eigenvalue weighted by atomic mass is 10.00. The van der Waals surface area contributed by atoms with E-state index in [1.165, 1.54) is 57.8 Å². The van der Waals surface area contributed by atoms with Gasteiger partial charge < -0.3 is 15.2 Å². The summed E-state index contributed by atoms with van der Waals surface area (Å²) in [6.07, 6.45) is 12.8. The monoisotopic (exact) mass is 299 g/mol. The molecule has 2 atom stereocenters. The van der Waals surface area contributed by atoms with Crippen molar-refractivity contribution >= 4 is 0 Å². The zero-order valence-electron chi connectivity index (χ0n) is 14.3. The second-order valence-corrected chi connectivity index (χ2v) is 6.74. The van der Waals surface area contributed by atoms with E-state index in [-0.39, 0.29) is 6.10 Å². The summed E-state index contributed by atoms with van der Waals surface area (Å²) in [6, 6.07) is 0.528. The Labute approximate surface area is 131 Å². The molecule has 0 amide bonds. The highest BCUT2D eigenvalue weighted by Crippen LogP contribution is 2.27. The molecule has 1 aliphatic carbocycles. The van der Waals surface area contributed by atoms with Crippen molar-refractivity contribution < 1.29 is 9.84 Å². The maximum atomic E-state index is 9.93. The van der Waals surface area contributed by atoms with E-state index in [1.807, 2.05) is 0 Å². The predicted molar refractivity (Wildman–Crippen MR) is 89.6 cm³/mol. The van der Waals surface area contributed by atoms with E-state index in [0.29, 0.717) is 19.2 Å². The van der Waals surface area contributed by atoms with E-state index in [9.17, 15) is 5.11 Å². The molecular formula is C18H37NO2. The standard InChI is InChI=1S/C18H37NO2/c1-3-4-5-6-7-10-13-21-15-18(20)14-19-16(2)17-11-8-9-12-17/h16-20H,3-15H2,1-2H3/t16-,18?/m1/s1. The lowest BCUT2D eigenvalue weighted by Crippen LogP contribution is -2.39. The molecule has 0 aliphatic heterocycles. The van der Waals surface area contributed by atoms with Crippen LogP contribution in [0.25, 0.3) is 0 Å². The number of nitrogens with one attached hydrogen (secondary N) is 1. The summed E-state index contributed by atoms with van der Waals surface area (Å²) >= 11 is 0. The van der Waals surface area contributed by atoms with Crippen LogP contribution in [-0.4, -0.2) is 37.0 Å². The molecule has 21 heavy (non-hydrogen) atoms. The van der Waals surface area contributed by atoms with Crippen LogP contribution in [0.4, 0.5) is 0 Å². The molecular weight excluding hydrogens is 262 g/mol. The highest BCUT2D eigenvalue weighted by Gasteiger charge is 2.21. The number of rotatable bonds is 13. The number of hydrogen-bond acceptors (Lipinski definition) is 3. The van der Waals surface area contributed by atoms with Gasteiger partial charge >= 0.3 is 0 Å². The average Bonchev–Trinajstić information content (AvgIpc) is 3.02. The largest absolute Gasteiger partial charge is 0.389 e. The zero-order valence-corrected chi connectivity index (χ0v) is 14.3. The van der Waals surface area contributed by atoms with Crippen molar-refractivity contribution in [3.63, 3.8) is 0 Å². The smallest absolute Gasteiger partial charge is 0.0897 e. The molecule has 1 aliphatic rings. The summed E-state index contributed by atoms with van der Waals surface area (Å²) in [5, 5.41) is 13.4. The van der Waals surface area contributed by atoms with Gasteiger partial charge in [-0.25, -0.2) is 0 Å². The van der Waals surface area contributed by atoms with Crippen LogP contribution in [0, 0.1) is 5.92 Å². The summed E-state index contributed by atoms with van der Waals surface area (Å²) in [5.74, 6) is 0.807. The first kappa shape index (κ1) is 18.9. The maximum absolute atomic E-state index is 9.93. The molecule has 0 saturated heterocycles. The third-order valence-corrected chi connectivity index (χ3v) is 4.73. The Kier molecular flexibility index (Phi) is 11.2. The highest BCUT2D eigenvalue weighted by molar-refractivity contribution is 4.78. The van der Waals surface area contributed by atoms with Crippen LogP contribution in [0.3, 0.4) is 0 Å². The van der Waals surface area contributed by atoms with Crippen molar-refractivity contribution in [1.82, 2.24) is 5.32 Å². The Balaban J connectivity index is 1.88. The molecule has 1 unspecified atom stereocenters. The van der Waals surface area contributed by atoms with Crippen molar-refractivity contribution in [3.05, 3.63) is 0 Å². The van der Waals surface area contributed by atoms with E-state index in [4.69, 9.17) is 4.74 Å². The van der Waals surface area contributed by atoms with Gasteiger partial charge in [0.2, 0.25) is 0 Å². The molecule has 0 heterocycles. The lowest BCUT2D eigenvalue weighted by molar-refractivity contribution is 0.0334. The van der Waals surface area contributed by atoms with E-state index in [1.54, 1.807) is 0 Å². The van der Waals surface area contributed by atoms with Crippen LogP contribution in [0.1, 0.15) is 78.1 Å². The Morgan fingerprint density at radius 1 is 1.10 bits per heavy atom. The molecule has 3 heteroatoms. The molecule has 1 rings (SSSR count). The van der Waals surface area contributed by atoms with Crippen molar-refractivity contribution in [1.29, 1.82) is 0 Å². The number of unbranched alkanes of at least 4 members (excludes halogenated alkanes) is 5. The normalized spacial score (nSPS) is 19.0. The van der Waals surface area contributed by atoms with Gasteiger partial charge in [-0.1, -0.05) is 51.9 Å². The molecule has 0 aromatic heterocycles. The molecule has 0 aromatic rings. The van der Waals surface area contributed by atoms with Gasteiger partial charge in [-0.05, 0) is 32.1 Å². The Hall–Kier alpha value is -0.120. The van der Waals surface area contributed by atoms with Gasteiger partial charge in [0, 0.05) is 19.2 Å². The molecule has 1 saturated carbocycles. The summed E-state index contributed by atoms with van der Waals surface area (Å²) in [6.45, 7) is 6.42. The molecule has 0 radical (unpaired) electrons. The number of ether oxygens (including phenoxy) is 1. The van der Waals surface area contributed by atoms with E-state index in [0.717, 1.165) is 18.9 Å². The second-order valence-electron chi connectivity index (χ2n) is 6.74. The van der Waals surface area contributed by atoms with Crippen LogP contribution in [0.15, 0.2) is 0 Å². The summed E-state index contributed by atoms with van der Waals surface area (Å²) < 4.78 is 5.57. The van der Waals surface area contributed by atoms with E-state index in [2.05, 4.69) is 19.2 Å². The van der Waals surface area contributed by atoms with Crippen LogP contribution in [0.5, 0.6) is 0 Å². The van der Waals surface area contributed by atoms with Crippen molar-refractivity contribution in [2.45, 2.75) is 90.2 Å². The number of hydrogen-bond donors (Lipinski definition) is 2. The number of aliphatic hydroxyl groups is 1. The third-order valence-electron chi connectivity index (χ3n) is 4.73. The molecule has 0 bridgehead atoms. The fourth-order valence-electron chi connectivity index (χ4n) is 3.21. The van der Waals surface area contributed by atoms with Crippen molar-refractivity contribution in [2.24, 2.45) is 5.92 Å². The lowest BCUT2D eigenvalue weighted by Gasteiger charge is -2.22. The van der Waals surface area contributed by atoms with Gasteiger partial charge in [-0.15, -0.1) is 0 Å². The van der Waals surface area contributed by atoms with Crippen LogP contribution < -0.4 is 5.32 Å². The molecule has 2 N–H and O–H groups in total. The second kappa shape index (κ2) is 12.4. The zero-order chi connectivity index (χ0) is 15.3. The molecule has 1 fully saturated rings. The first-order valence-electron chi connectivity index (χ1n) is 9.23. The van der Waals surface area contributed by atoms with Gasteiger partial charge in [0.1, 0.15) is 0 Å².